The molecule has 0 aromatic heterocycles. The molecule has 2 atom stereocenters. The summed E-state index contributed by atoms with van der Waals surface area (Å²) in [6.07, 6.45) is 8.18. The average molecular weight is 271 g/mol. The zero-order valence-corrected chi connectivity index (χ0v) is 11.7. The quantitative estimate of drug-likeness (QED) is 0.690. The SMILES string of the molecule is COCOC1CC[CH]CC/C=C\C(=O)C1OCOC. The van der Waals surface area contributed by atoms with Gasteiger partial charge in [0.1, 0.15) is 19.7 Å². The van der Waals surface area contributed by atoms with Gasteiger partial charge in [-0.15, -0.1) is 0 Å². The Morgan fingerprint density at radius 3 is 2.58 bits per heavy atom. The lowest BCUT2D eigenvalue weighted by molar-refractivity contribution is -0.168. The second kappa shape index (κ2) is 10.1. The van der Waals surface area contributed by atoms with Crippen LogP contribution in [0.1, 0.15) is 25.7 Å². The molecule has 0 bridgehead atoms. The number of hydrogen-bond acceptors (Lipinski definition) is 5. The van der Waals surface area contributed by atoms with E-state index in [0.29, 0.717) is 0 Å². The number of carbonyl (C=O) groups is 1. The Morgan fingerprint density at radius 2 is 1.84 bits per heavy atom. The van der Waals surface area contributed by atoms with E-state index in [4.69, 9.17) is 18.9 Å². The van der Waals surface area contributed by atoms with Crippen molar-refractivity contribution in [2.75, 3.05) is 27.8 Å². The molecule has 0 amide bonds. The van der Waals surface area contributed by atoms with Crippen LogP contribution in [0.15, 0.2) is 12.2 Å². The molecule has 0 aliphatic heterocycles. The number of rotatable bonds is 6. The summed E-state index contributed by atoms with van der Waals surface area (Å²) in [5.41, 5.74) is 0. The van der Waals surface area contributed by atoms with E-state index in [0.717, 1.165) is 25.7 Å². The molecule has 0 saturated heterocycles. The summed E-state index contributed by atoms with van der Waals surface area (Å²) in [7, 11) is 3.08. The lowest BCUT2D eigenvalue weighted by atomic mass is 9.99. The Bertz CT molecular complexity index is 277. The maximum atomic E-state index is 12.1. The first-order chi connectivity index (χ1) is 9.29. The van der Waals surface area contributed by atoms with Crippen LogP contribution in [0, 0.1) is 6.42 Å². The summed E-state index contributed by atoms with van der Waals surface area (Å²) < 4.78 is 20.8. The Morgan fingerprint density at radius 1 is 1.11 bits per heavy atom. The second-order valence-corrected chi connectivity index (χ2v) is 4.35. The number of methoxy groups -OCH3 is 2. The summed E-state index contributed by atoms with van der Waals surface area (Å²) in [4.78, 5) is 12.1. The summed E-state index contributed by atoms with van der Waals surface area (Å²) >= 11 is 0. The predicted octanol–water partition coefficient (Wildman–Crippen LogP) is 1.87. The van der Waals surface area contributed by atoms with Crippen LogP contribution in [0.4, 0.5) is 0 Å². The summed E-state index contributed by atoms with van der Waals surface area (Å²) in [6.45, 7) is 0.218. The molecule has 5 heteroatoms. The number of hydrogen-bond donors (Lipinski definition) is 0. The Hall–Kier alpha value is -0.750. The summed E-state index contributed by atoms with van der Waals surface area (Å²) in [6, 6.07) is 0. The van der Waals surface area contributed by atoms with Crippen LogP contribution in [-0.4, -0.2) is 45.8 Å². The van der Waals surface area contributed by atoms with E-state index in [2.05, 4.69) is 6.42 Å². The molecule has 0 N–H and O–H groups in total. The van der Waals surface area contributed by atoms with Gasteiger partial charge in [-0.3, -0.25) is 4.79 Å². The molecular weight excluding hydrogens is 248 g/mol. The van der Waals surface area contributed by atoms with Crippen molar-refractivity contribution >= 4 is 5.78 Å². The minimum absolute atomic E-state index is 0.0702. The molecule has 1 aliphatic rings. The van der Waals surface area contributed by atoms with Crippen molar-refractivity contribution in [3.63, 3.8) is 0 Å². The van der Waals surface area contributed by atoms with E-state index in [-0.39, 0.29) is 25.5 Å². The highest BCUT2D eigenvalue weighted by molar-refractivity contribution is 5.94. The van der Waals surface area contributed by atoms with E-state index < -0.39 is 6.10 Å². The number of carbonyl (C=O) groups excluding carboxylic acids is 1. The molecule has 2 unspecified atom stereocenters. The number of ketones is 1. The van der Waals surface area contributed by atoms with Crippen LogP contribution < -0.4 is 0 Å². The number of ether oxygens (including phenoxy) is 4. The highest BCUT2D eigenvalue weighted by Gasteiger charge is 2.28. The standard InChI is InChI=1S/C14H23O5/c1-16-10-18-13-9-7-5-3-4-6-8-12(15)14(13)19-11-17-2/h5-6,8,13-14H,3-4,7,9-11H2,1-2H3/b8-6-. The van der Waals surface area contributed by atoms with Crippen molar-refractivity contribution in [1.29, 1.82) is 0 Å². The van der Waals surface area contributed by atoms with Crippen LogP contribution in [-0.2, 0) is 23.7 Å². The minimum atomic E-state index is -0.641. The largest absolute Gasteiger partial charge is 0.359 e. The molecule has 5 nitrogen and oxygen atoms in total. The lowest BCUT2D eigenvalue weighted by Crippen LogP contribution is -2.39. The topological polar surface area (TPSA) is 54.0 Å². The van der Waals surface area contributed by atoms with Crippen molar-refractivity contribution in [3.05, 3.63) is 18.6 Å². The summed E-state index contributed by atoms with van der Waals surface area (Å²) in [5, 5.41) is 0. The fourth-order valence-corrected chi connectivity index (χ4v) is 1.93. The van der Waals surface area contributed by atoms with Gasteiger partial charge in [0.25, 0.3) is 0 Å². The van der Waals surface area contributed by atoms with Crippen molar-refractivity contribution in [2.24, 2.45) is 0 Å². The van der Waals surface area contributed by atoms with E-state index in [1.807, 2.05) is 6.08 Å². The fourth-order valence-electron chi connectivity index (χ4n) is 1.93. The van der Waals surface area contributed by atoms with E-state index in [1.165, 1.54) is 7.11 Å². The number of allylic oxidation sites excluding steroid dienone is 1. The van der Waals surface area contributed by atoms with Crippen LogP contribution in [0.3, 0.4) is 0 Å². The zero-order valence-electron chi connectivity index (χ0n) is 11.7. The van der Waals surface area contributed by atoms with Gasteiger partial charge < -0.3 is 18.9 Å². The van der Waals surface area contributed by atoms with Gasteiger partial charge in [-0.25, -0.2) is 0 Å². The lowest BCUT2D eigenvalue weighted by Gasteiger charge is -2.25. The van der Waals surface area contributed by atoms with Crippen molar-refractivity contribution in [2.45, 2.75) is 37.9 Å². The summed E-state index contributed by atoms with van der Waals surface area (Å²) in [5.74, 6) is -0.0833. The Kier molecular flexibility index (Phi) is 8.66. The molecule has 0 saturated carbocycles. The van der Waals surface area contributed by atoms with Gasteiger partial charge in [0.2, 0.25) is 0 Å². The minimum Gasteiger partial charge on any atom is -0.359 e. The van der Waals surface area contributed by atoms with Gasteiger partial charge in [-0.05, 0) is 38.2 Å². The van der Waals surface area contributed by atoms with Crippen molar-refractivity contribution < 1.29 is 23.7 Å². The third-order valence-corrected chi connectivity index (χ3v) is 2.86. The van der Waals surface area contributed by atoms with Gasteiger partial charge >= 0.3 is 0 Å². The third-order valence-electron chi connectivity index (χ3n) is 2.86. The average Bonchev–Trinajstić information content (AvgIpc) is 2.42. The second-order valence-electron chi connectivity index (χ2n) is 4.35. The van der Waals surface area contributed by atoms with E-state index >= 15 is 0 Å². The molecule has 0 aromatic rings. The third kappa shape index (κ3) is 6.29. The fraction of sp³-hybridized carbons (Fsp3) is 0.714. The first-order valence-electron chi connectivity index (χ1n) is 6.52. The molecule has 19 heavy (non-hydrogen) atoms. The Labute approximate surface area is 114 Å². The maximum Gasteiger partial charge on any atom is 0.186 e. The predicted molar refractivity (Wildman–Crippen MR) is 70.4 cm³/mol. The van der Waals surface area contributed by atoms with Gasteiger partial charge in [0, 0.05) is 14.2 Å². The molecule has 0 fully saturated rings. The Balaban J connectivity index is 2.72. The first-order valence-corrected chi connectivity index (χ1v) is 6.52. The first kappa shape index (κ1) is 16.3. The van der Waals surface area contributed by atoms with Crippen LogP contribution >= 0.6 is 0 Å². The zero-order chi connectivity index (χ0) is 13.9. The van der Waals surface area contributed by atoms with Gasteiger partial charge in [-0.2, -0.15) is 0 Å². The molecule has 0 aromatic carbocycles. The molecular formula is C14H23O5. The van der Waals surface area contributed by atoms with E-state index in [9.17, 15) is 4.79 Å². The van der Waals surface area contributed by atoms with Crippen molar-refractivity contribution in [1.82, 2.24) is 0 Å². The van der Waals surface area contributed by atoms with Crippen LogP contribution in [0.2, 0.25) is 0 Å². The molecule has 1 radical (unpaired) electrons. The van der Waals surface area contributed by atoms with Gasteiger partial charge in [0.05, 0.1) is 6.10 Å². The van der Waals surface area contributed by atoms with E-state index in [1.54, 1.807) is 13.2 Å². The smallest absolute Gasteiger partial charge is 0.186 e. The normalized spacial score (nSPS) is 27.2. The van der Waals surface area contributed by atoms with Crippen LogP contribution in [0.25, 0.3) is 0 Å². The maximum absolute atomic E-state index is 12.1. The highest BCUT2D eigenvalue weighted by Crippen LogP contribution is 2.17. The van der Waals surface area contributed by atoms with Crippen molar-refractivity contribution in [3.8, 4) is 0 Å². The monoisotopic (exact) mass is 271 g/mol. The molecule has 109 valence electrons. The molecule has 0 spiro atoms. The van der Waals surface area contributed by atoms with Gasteiger partial charge in [0.15, 0.2) is 5.78 Å². The van der Waals surface area contributed by atoms with Gasteiger partial charge in [-0.1, -0.05) is 6.08 Å². The highest BCUT2D eigenvalue weighted by atomic mass is 16.7. The molecule has 1 rings (SSSR count). The van der Waals surface area contributed by atoms with Crippen LogP contribution in [0.5, 0.6) is 0 Å². The molecule has 1 aliphatic carbocycles. The molecule has 0 heterocycles.